The number of hydrogen-bond acceptors (Lipinski definition) is 3. The maximum Gasteiger partial charge on any atom is 0.223 e. The Morgan fingerprint density at radius 1 is 1.38 bits per heavy atom. The van der Waals surface area contributed by atoms with E-state index in [1.807, 2.05) is 24.1 Å². The van der Waals surface area contributed by atoms with Gasteiger partial charge in [-0.15, -0.1) is 12.4 Å². The van der Waals surface area contributed by atoms with Gasteiger partial charge in [0.1, 0.15) is 5.75 Å². The minimum absolute atomic E-state index is 0. The highest BCUT2D eigenvalue weighted by Crippen LogP contribution is 2.30. The van der Waals surface area contributed by atoms with Crippen LogP contribution in [0.15, 0.2) is 24.3 Å². The van der Waals surface area contributed by atoms with Crippen molar-refractivity contribution in [1.29, 1.82) is 0 Å². The Kier molecular flexibility index (Phi) is 7.54. The lowest BCUT2D eigenvalue weighted by molar-refractivity contribution is -0.132. The molecule has 0 spiro atoms. The number of benzene rings is 1. The van der Waals surface area contributed by atoms with Crippen molar-refractivity contribution in [2.75, 3.05) is 33.8 Å². The minimum atomic E-state index is 0. The van der Waals surface area contributed by atoms with E-state index in [9.17, 15) is 4.79 Å². The molecule has 0 aromatic heterocycles. The molecular weight excluding hydrogens is 288 g/mol. The van der Waals surface area contributed by atoms with Gasteiger partial charge in [0.15, 0.2) is 0 Å². The SMILES string of the molecule is CNCCC(=O)N1CCC(c2cccc(OC)c2)CC1.Cl. The summed E-state index contributed by atoms with van der Waals surface area (Å²) in [6, 6.07) is 8.29. The lowest BCUT2D eigenvalue weighted by Crippen LogP contribution is -2.38. The topological polar surface area (TPSA) is 41.6 Å². The number of hydrogen-bond donors (Lipinski definition) is 1. The number of carbonyl (C=O) groups is 1. The summed E-state index contributed by atoms with van der Waals surface area (Å²) in [6.45, 7) is 2.49. The number of ether oxygens (including phenoxy) is 1. The van der Waals surface area contributed by atoms with Crippen molar-refractivity contribution in [3.05, 3.63) is 29.8 Å². The van der Waals surface area contributed by atoms with Gasteiger partial charge in [0.2, 0.25) is 5.91 Å². The molecule has 4 nitrogen and oxygen atoms in total. The molecule has 1 fully saturated rings. The van der Waals surface area contributed by atoms with Gasteiger partial charge in [-0.3, -0.25) is 4.79 Å². The Morgan fingerprint density at radius 3 is 2.71 bits per heavy atom. The van der Waals surface area contributed by atoms with E-state index in [1.54, 1.807) is 7.11 Å². The molecule has 1 aromatic rings. The van der Waals surface area contributed by atoms with E-state index >= 15 is 0 Å². The van der Waals surface area contributed by atoms with Crippen LogP contribution in [-0.4, -0.2) is 44.6 Å². The molecule has 0 saturated carbocycles. The Balaban J connectivity index is 0.00000220. The number of piperidine rings is 1. The van der Waals surface area contributed by atoms with Crippen LogP contribution in [0.1, 0.15) is 30.7 Å². The third-order valence-corrected chi connectivity index (χ3v) is 4.00. The van der Waals surface area contributed by atoms with Gasteiger partial charge in [-0.1, -0.05) is 12.1 Å². The largest absolute Gasteiger partial charge is 0.497 e. The fourth-order valence-corrected chi connectivity index (χ4v) is 2.75. The van der Waals surface area contributed by atoms with Crippen LogP contribution in [0, 0.1) is 0 Å². The summed E-state index contributed by atoms with van der Waals surface area (Å²) in [5.41, 5.74) is 1.33. The Bertz CT molecular complexity index is 446. The van der Waals surface area contributed by atoms with Gasteiger partial charge in [0, 0.05) is 26.1 Å². The number of nitrogens with one attached hydrogen (secondary N) is 1. The van der Waals surface area contributed by atoms with Crippen molar-refractivity contribution in [2.45, 2.75) is 25.2 Å². The molecule has 0 unspecified atom stereocenters. The predicted molar refractivity (Wildman–Crippen MR) is 87.3 cm³/mol. The summed E-state index contributed by atoms with van der Waals surface area (Å²) >= 11 is 0. The van der Waals surface area contributed by atoms with Crippen LogP contribution in [0.3, 0.4) is 0 Å². The van der Waals surface area contributed by atoms with E-state index in [0.717, 1.165) is 38.2 Å². The number of halogens is 1. The van der Waals surface area contributed by atoms with E-state index in [-0.39, 0.29) is 18.3 Å². The summed E-state index contributed by atoms with van der Waals surface area (Å²) in [5.74, 6) is 1.72. The molecule has 1 heterocycles. The van der Waals surface area contributed by atoms with E-state index in [2.05, 4.69) is 17.4 Å². The standard InChI is InChI=1S/C16H24N2O2.ClH/c1-17-9-6-16(19)18-10-7-13(8-11-18)14-4-3-5-15(12-14)20-2;/h3-5,12-13,17H,6-11H2,1-2H3;1H. The van der Waals surface area contributed by atoms with Crippen molar-refractivity contribution < 1.29 is 9.53 Å². The summed E-state index contributed by atoms with van der Waals surface area (Å²) in [4.78, 5) is 14.0. The molecule has 1 N–H and O–H groups in total. The molecule has 21 heavy (non-hydrogen) atoms. The third kappa shape index (κ3) is 4.90. The van der Waals surface area contributed by atoms with E-state index < -0.39 is 0 Å². The first-order valence-corrected chi connectivity index (χ1v) is 7.31. The van der Waals surface area contributed by atoms with Crippen LogP contribution in [0.4, 0.5) is 0 Å². The molecule has 0 radical (unpaired) electrons. The number of rotatable bonds is 5. The molecule has 1 saturated heterocycles. The van der Waals surface area contributed by atoms with Crippen molar-refractivity contribution in [3.63, 3.8) is 0 Å². The lowest BCUT2D eigenvalue weighted by atomic mass is 9.89. The molecular formula is C16H25ClN2O2. The molecule has 0 atom stereocenters. The maximum absolute atomic E-state index is 12.0. The summed E-state index contributed by atoms with van der Waals surface area (Å²) in [6.07, 6.45) is 2.68. The summed E-state index contributed by atoms with van der Waals surface area (Å²) in [5, 5.41) is 3.02. The first-order valence-electron chi connectivity index (χ1n) is 7.31. The molecule has 1 amide bonds. The van der Waals surface area contributed by atoms with Crippen LogP contribution in [-0.2, 0) is 4.79 Å². The second-order valence-electron chi connectivity index (χ2n) is 5.29. The number of carbonyl (C=O) groups excluding carboxylic acids is 1. The molecule has 118 valence electrons. The monoisotopic (exact) mass is 312 g/mol. The number of nitrogens with zero attached hydrogens (tertiary/aromatic N) is 1. The highest BCUT2D eigenvalue weighted by atomic mass is 35.5. The lowest BCUT2D eigenvalue weighted by Gasteiger charge is -2.32. The number of methoxy groups -OCH3 is 1. The molecule has 2 rings (SSSR count). The molecule has 1 aliphatic heterocycles. The van der Waals surface area contributed by atoms with Crippen molar-refractivity contribution in [2.24, 2.45) is 0 Å². The number of amides is 1. The fraction of sp³-hybridized carbons (Fsp3) is 0.562. The molecule has 1 aromatic carbocycles. The third-order valence-electron chi connectivity index (χ3n) is 4.00. The van der Waals surface area contributed by atoms with Gasteiger partial charge in [-0.25, -0.2) is 0 Å². The Morgan fingerprint density at radius 2 is 2.10 bits per heavy atom. The molecule has 5 heteroatoms. The van der Waals surface area contributed by atoms with Gasteiger partial charge in [-0.2, -0.15) is 0 Å². The van der Waals surface area contributed by atoms with E-state index in [1.165, 1.54) is 5.56 Å². The van der Waals surface area contributed by atoms with Crippen LogP contribution in [0.2, 0.25) is 0 Å². The maximum atomic E-state index is 12.0. The van der Waals surface area contributed by atoms with Crippen LogP contribution in [0.5, 0.6) is 5.75 Å². The smallest absolute Gasteiger partial charge is 0.223 e. The second-order valence-corrected chi connectivity index (χ2v) is 5.29. The molecule has 0 aliphatic carbocycles. The zero-order chi connectivity index (χ0) is 14.4. The average Bonchev–Trinajstić information content (AvgIpc) is 2.52. The Labute approximate surface area is 133 Å². The highest BCUT2D eigenvalue weighted by molar-refractivity contribution is 5.85. The van der Waals surface area contributed by atoms with Crippen LogP contribution >= 0.6 is 12.4 Å². The quantitative estimate of drug-likeness (QED) is 0.908. The van der Waals surface area contributed by atoms with Crippen LogP contribution in [0.25, 0.3) is 0 Å². The van der Waals surface area contributed by atoms with Crippen molar-refractivity contribution >= 4 is 18.3 Å². The normalized spacial score (nSPS) is 15.4. The van der Waals surface area contributed by atoms with Gasteiger partial charge in [0.25, 0.3) is 0 Å². The van der Waals surface area contributed by atoms with Gasteiger partial charge < -0.3 is 15.0 Å². The van der Waals surface area contributed by atoms with Gasteiger partial charge in [0.05, 0.1) is 7.11 Å². The van der Waals surface area contributed by atoms with Crippen molar-refractivity contribution in [1.82, 2.24) is 10.2 Å². The summed E-state index contributed by atoms with van der Waals surface area (Å²) < 4.78 is 5.28. The van der Waals surface area contributed by atoms with Crippen molar-refractivity contribution in [3.8, 4) is 5.75 Å². The minimum Gasteiger partial charge on any atom is -0.497 e. The first-order chi connectivity index (χ1) is 9.74. The molecule has 1 aliphatic rings. The Hall–Kier alpha value is -1.26. The molecule has 0 bridgehead atoms. The van der Waals surface area contributed by atoms with E-state index in [4.69, 9.17) is 4.74 Å². The zero-order valence-electron chi connectivity index (χ0n) is 12.8. The van der Waals surface area contributed by atoms with E-state index in [0.29, 0.717) is 12.3 Å². The van der Waals surface area contributed by atoms with Gasteiger partial charge in [-0.05, 0) is 43.5 Å². The van der Waals surface area contributed by atoms with Gasteiger partial charge >= 0.3 is 0 Å². The van der Waals surface area contributed by atoms with Crippen LogP contribution < -0.4 is 10.1 Å². The fourth-order valence-electron chi connectivity index (χ4n) is 2.75. The highest BCUT2D eigenvalue weighted by Gasteiger charge is 2.23. The first kappa shape index (κ1) is 17.8. The average molecular weight is 313 g/mol. The number of likely N-dealkylation sites (tertiary alicyclic amines) is 1. The second kappa shape index (κ2) is 8.90. The zero-order valence-corrected chi connectivity index (χ0v) is 13.6. The predicted octanol–water partition coefficient (Wildman–Crippen LogP) is 2.43. The summed E-state index contributed by atoms with van der Waals surface area (Å²) in [7, 11) is 3.57.